The number of carboxylic acids is 2. The molecule has 0 radical (unpaired) electrons. The van der Waals surface area contributed by atoms with Gasteiger partial charge in [0.2, 0.25) is 12.2 Å². The van der Waals surface area contributed by atoms with E-state index in [2.05, 4.69) is 17.2 Å². The van der Waals surface area contributed by atoms with Gasteiger partial charge in [0, 0.05) is 10.9 Å². The summed E-state index contributed by atoms with van der Waals surface area (Å²) in [4.78, 5) is 52.6. The highest BCUT2D eigenvalue weighted by Gasteiger charge is 2.41. The Morgan fingerprint density at radius 3 is 1.80 bits per heavy atom. The molecule has 1 aliphatic rings. The van der Waals surface area contributed by atoms with Crippen molar-refractivity contribution in [2.45, 2.75) is 50.9 Å². The number of carbonyl (C=O) groups is 4. The van der Waals surface area contributed by atoms with Crippen molar-refractivity contribution >= 4 is 50.5 Å². The standard InChI is InChI=1S/C18H14O8.C10H17N3S.CH4O3S/c19-15(20)13(25-17(23)11-7-3-1-4-8-11)14(16(21)22)26-18(24)12-9-5-2-6-10-12;1-2-5-12-7-3-4-8-9(6-7)14-10(11)13-8;1-5(2,3)4/h1-10,13-14H,(H,19,20)(H,21,22);7,12H,2-6H2,1H3,(H2,11,13);1H3,(H,2,3,4)/t13-,14-;7-;/m01./s1. The predicted octanol–water partition coefficient (Wildman–Crippen LogP) is 2.69. The number of nitrogens with one attached hydrogen (secondary N) is 1. The van der Waals surface area contributed by atoms with Gasteiger partial charge in [0.25, 0.3) is 10.1 Å². The first-order valence-corrected chi connectivity index (χ1v) is 16.2. The molecule has 4 rings (SSSR count). The van der Waals surface area contributed by atoms with Gasteiger partial charge in [-0.15, -0.1) is 11.3 Å². The van der Waals surface area contributed by atoms with E-state index in [-0.39, 0.29) is 11.1 Å². The molecule has 0 spiro atoms. The molecule has 244 valence electrons. The molecule has 1 aromatic heterocycles. The average molecular weight is 666 g/mol. The Morgan fingerprint density at radius 2 is 1.40 bits per heavy atom. The number of hydrogen-bond acceptors (Lipinski definition) is 12. The smallest absolute Gasteiger partial charge is 0.349 e. The second-order valence-corrected chi connectivity index (χ2v) is 12.2. The summed E-state index contributed by atoms with van der Waals surface area (Å²) in [5.41, 5.74) is 6.98. The summed E-state index contributed by atoms with van der Waals surface area (Å²) in [6, 6.07) is 15.5. The van der Waals surface area contributed by atoms with E-state index in [0.717, 1.165) is 24.5 Å². The minimum absolute atomic E-state index is 0.0253. The van der Waals surface area contributed by atoms with Crippen molar-refractivity contribution in [3.05, 3.63) is 82.4 Å². The molecule has 0 fully saturated rings. The van der Waals surface area contributed by atoms with Gasteiger partial charge in [-0.05, 0) is 56.5 Å². The van der Waals surface area contributed by atoms with Crippen LogP contribution < -0.4 is 11.1 Å². The van der Waals surface area contributed by atoms with Gasteiger partial charge >= 0.3 is 23.9 Å². The van der Waals surface area contributed by atoms with E-state index in [9.17, 15) is 37.8 Å². The van der Waals surface area contributed by atoms with Crippen LogP contribution in [0, 0.1) is 0 Å². The molecule has 0 saturated heterocycles. The van der Waals surface area contributed by atoms with Crippen molar-refractivity contribution in [2.75, 3.05) is 18.5 Å². The van der Waals surface area contributed by atoms with Crippen molar-refractivity contribution in [1.29, 1.82) is 0 Å². The number of hydrogen-bond donors (Lipinski definition) is 5. The highest BCUT2D eigenvalue weighted by atomic mass is 32.2. The highest BCUT2D eigenvalue weighted by molar-refractivity contribution is 7.85. The number of ether oxygens (including phenoxy) is 2. The minimum atomic E-state index is -3.67. The summed E-state index contributed by atoms with van der Waals surface area (Å²) < 4.78 is 35.4. The normalized spacial score (nSPS) is 15.0. The van der Waals surface area contributed by atoms with E-state index in [4.69, 9.17) is 19.8 Å². The highest BCUT2D eigenvalue weighted by Crippen LogP contribution is 2.28. The third-order valence-corrected chi connectivity index (χ3v) is 6.84. The molecule has 45 heavy (non-hydrogen) atoms. The zero-order chi connectivity index (χ0) is 33.6. The number of nitrogen functional groups attached to an aromatic ring is 1. The van der Waals surface area contributed by atoms with E-state index in [1.165, 1.54) is 71.9 Å². The Bertz CT molecular complexity index is 1450. The third kappa shape index (κ3) is 13.4. The second-order valence-electron chi connectivity index (χ2n) is 9.61. The number of thiazole rings is 1. The summed E-state index contributed by atoms with van der Waals surface area (Å²) in [5.74, 6) is -5.63. The number of fused-ring (bicyclic) bond motifs is 1. The Hall–Kier alpha value is -4.38. The molecule has 0 unspecified atom stereocenters. The Labute approximate surface area is 264 Å². The maximum atomic E-state index is 12.0. The largest absolute Gasteiger partial charge is 0.478 e. The van der Waals surface area contributed by atoms with Crippen molar-refractivity contribution in [3.8, 4) is 0 Å². The molecule has 0 aliphatic heterocycles. The number of aliphatic carboxylic acids is 2. The molecule has 0 bridgehead atoms. The van der Waals surface area contributed by atoms with E-state index in [0.29, 0.717) is 12.3 Å². The summed E-state index contributed by atoms with van der Waals surface area (Å²) in [5, 5.41) is 22.8. The lowest BCUT2D eigenvalue weighted by molar-refractivity contribution is -0.166. The van der Waals surface area contributed by atoms with Gasteiger partial charge in [-0.2, -0.15) is 8.42 Å². The van der Waals surface area contributed by atoms with Crippen LogP contribution in [0.15, 0.2) is 60.7 Å². The summed E-state index contributed by atoms with van der Waals surface area (Å²) in [7, 11) is -3.67. The molecule has 16 heteroatoms. The van der Waals surface area contributed by atoms with E-state index in [1.807, 2.05) is 0 Å². The number of esters is 2. The van der Waals surface area contributed by atoms with Crippen LogP contribution in [0.1, 0.15) is 51.1 Å². The summed E-state index contributed by atoms with van der Waals surface area (Å²) in [6.07, 6.45) is 0.895. The van der Waals surface area contributed by atoms with Crippen LogP contribution in [-0.4, -0.2) is 83.1 Å². The van der Waals surface area contributed by atoms with Crippen LogP contribution in [0.3, 0.4) is 0 Å². The van der Waals surface area contributed by atoms with E-state index in [1.54, 1.807) is 23.5 Å². The number of aryl methyl sites for hydroxylation is 1. The minimum Gasteiger partial charge on any atom is -0.478 e. The topological polar surface area (TPSA) is 233 Å². The fourth-order valence-corrected chi connectivity index (χ4v) is 4.87. The maximum Gasteiger partial charge on any atom is 0.349 e. The first-order chi connectivity index (χ1) is 21.2. The molecule has 3 aromatic rings. The maximum absolute atomic E-state index is 12.0. The Morgan fingerprint density at radius 1 is 0.956 bits per heavy atom. The number of anilines is 1. The number of carbonyl (C=O) groups excluding carboxylic acids is 2. The molecule has 1 heterocycles. The quantitative estimate of drug-likeness (QED) is 0.155. The van der Waals surface area contributed by atoms with Gasteiger partial charge < -0.3 is 30.7 Å². The number of nitrogens with two attached hydrogens (primary N) is 1. The summed E-state index contributed by atoms with van der Waals surface area (Å²) >= 11 is 1.65. The molecule has 6 N–H and O–H groups in total. The molecule has 0 saturated carbocycles. The molecule has 2 aromatic carbocycles. The first-order valence-electron chi connectivity index (χ1n) is 13.6. The third-order valence-electron chi connectivity index (χ3n) is 5.89. The number of benzene rings is 2. The van der Waals surface area contributed by atoms with Gasteiger partial charge in [-0.1, -0.05) is 43.3 Å². The average Bonchev–Trinajstić information content (AvgIpc) is 3.37. The fraction of sp³-hybridized carbons (Fsp3) is 0.345. The predicted molar refractivity (Wildman–Crippen MR) is 165 cm³/mol. The lowest BCUT2D eigenvalue weighted by Crippen LogP contribution is -2.45. The number of rotatable bonds is 10. The zero-order valence-electron chi connectivity index (χ0n) is 24.5. The molecule has 1 aliphatic carbocycles. The van der Waals surface area contributed by atoms with Crippen LogP contribution in [0.2, 0.25) is 0 Å². The molecule has 0 amide bonds. The van der Waals surface area contributed by atoms with Crippen LogP contribution in [0.5, 0.6) is 0 Å². The number of aromatic nitrogens is 1. The molecular formula is C29H35N3O11S2. The lowest BCUT2D eigenvalue weighted by atomic mass is 9.98. The van der Waals surface area contributed by atoms with Crippen LogP contribution in [0.4, 0.5) is 5.13 Å². The van der Waals surface area contributed by atoms with Crippen molar-refractivity contribution in [3.63, 3.8) is 0 Å². The van der Waals surface area contributed by atoms with Gasteiger partial charge in [0.15, 0.2) is 5.13 Å². The van der Waals surface area contributed by atoms with Crippen molar-refractivity contribution < 1.29 is 51.8 Å². The van der Waals surface area contributed by atoms with Crippen LogP contribution >= 0.6 is 11.3 Å². The number of carboxylic acid groups (broad SMARTS) is 2. The zero-order valence-corrected chi connectivity index (χ0v) is 26.1. The lowest BCUT2D eigenvalue weighted by Gasteiger charge is -2.21. The molecule has 14 nitrogen and oxygen atoms in total. The van der Waals surface area contributed by atoms with E-state index < -0.39 is 46.2 Å². The van der Waals surface area contributed by atoms with Gasteiger partial charge in [0.05, 0.1) is 23.1 Å². The molecular weight excluding hydrogens is 630 g/mol. The van der Waals surface area contributed by atoms with Crippen LogP contribution in [-0.2, 0) is 42.0 Å². The van der Waals surface area contributed by atoms with Gasteiger partial charge in [0.1, 0.15) is 0 Å². The monoisotopic (exact) mass is 665 g/mol. The van der Waals surface area contributed by atoms with Crippen molar-refractivity contribution in [2.24, 2.45) is 0 Å². The van der Waals surface area contributed by atoms with Crippen LogP contribution in [0.25, 0.3) is 0 Å². The Balaban J connectivity index is 0.000000307. The van der Waals surface area contributed by atoms with E-state index >= 15 is 0 Å². The van der Waals surface area contributed by atoms with Gasteiger partial charge in [-0.3, -0.25) is 4.55 Å². The second kappa shape index (κ2) is 17.8. The summed E-state index contributed by atoms with van der Waals surface area (Å²) in [6.45, 7) is 3.32. The molecule has 3 atom stereocenters. The number of nitrogens with zero attached hydrogens (tertiary/aromatic N) is 1. The first kappa shape index (κ1) is 36.8. The SMILES string of the molecule is CCCN[C@@H]1CCc2nc(N)sc2C1.CS(=O)(=O)O.O=C(O[C@H](C(=O)O)[C@H](OC(=O)c1ccccc1)C(=O)O)c1ccccc1. The van der Waals surface area contributed by atoms with Gasteiger partial charge in [-0.25, -0.2) is 24.2 Å². The van der Waals surface area contributed by atoms with Crippen molar-refractivity contribution in [1.82, 2.24) is 10.3 Å². The Kier molecular flexibility index (Phi) is 14.6. The fourth-order valence-electron chi connectivity index (χ4n) is 3.92.